The van der Waals surface area contributed by atoms with E-state index in [4.69, 9.17) is 52.1 Å². The first kappa shape index (κ1) is 106. The number of nitrogens with zero attached hydrogens (tertiary/aromatic N) is 3. The van der Waals surface area contributed by atoms with Gasteiger partial charge in [-0.05, 0) is 127 Å². The number of rotatable bonds is 39. The van der Waals surface area contributed by atoms with Gasteiger partial charge in [-0.15, -0.1) is 0 Å². The van der Waals surface area contributed by atoms with Crippen LogP contribution in [0.4, 0.5) is 4.79 Å². The topological polar surface area (TPSA) is 361 Å². The number of carbonyl (C=O) groups is 9. The zero-order valence-electron chi connectivity index (χ0n) is 82.6. The molecule has 8 bridgehead atoms. The van der Waals surface area contributed by atoms with Gasteiger partial charge in [0.1, 0.15) is 58.5 Å². The van der Waals surface area contributed by atoms with Gasteiger partial charge in [0.2, 0.25) is 0 Å². The first-order valence-electron chi connectivity index (χ1n) is 49.1. The molecule has 15 rings (SSSR count). The van der Waals surface area contributed by atoms with E-state index in [1.54, 1.807) is 27.8 Å². The Labute approximate surface area is 850 Å². The second-order valence-electron chi connectivity index (χ2n) is 35.8. The Balaban J connectivity index is 0.845. The Morgan fingerprint density at radius 2 is 0.596 bits per heavy atom. The number of carbonyl (C=O) groups excluding carboxylic acids is 9. The maximum absolute atomic E-state index is 16.3. The maximum atomic E-state index is 16.3. The Morgan fingerprint density at radius 1 is 0.322 bits per heavy atom. The summed E-state index contributed by atoms with van der Waals surface area (Å²) < 4.78 is 70.9. The maximum Gasteiger partial charge on any atom is 0.407 e. The van der Waals surface area contributed by atoms with Gasteiger partial charge in [-0.3, -0.25) is 48.2 Å². The van der Waals surface area contributed by atoms with Crippen molar-refractivity contribution in [3.05, 3.63) is 380 Å². The van der Waals surface area contributed by atoms with Gasteiger partial charge in [-0.2, -0.15) is 0 Å². The van der Waals surface area contributed by atoms with Gasteiger partial charge < -0.3 is 99.5 Å². The van der Waals surface area contributed by atoms with Crippen molar-refractivity contribution in [3.8, 4) is 46.0 Å². The van der Waals surface area contributed by atoms with Crippen molar-refractivity contribution < 1.29 is 95.3 Å². The SMILES string of the molecule is CN(CCOCCOCCNC(=O)OC(C)(C)C)C(=O)c1ccc(C(=O)NCCCC2CN3CCNC(=O)c4ccc(c(OCc5ccccc5)c4OCc4ccccc4)C(=O)NCCN(CCNC(=O)c4ccc(c(OCc5ccccc5)c4OCc4ccccc4)C(=O)NCC3)CCNC(=O)c3ccc(c(OCc4ccccc4)c3OCc3ccccc3)C(=O)N2)c(OCc2ccccc2)c1OCc1ccccc1. The number of benzene rings is 12. The van der Waals surface area contributed by atoms with Crippen molar-refractivity contribution in [3.63, 3.8) is 0 Å². The molecule has 9 amide bonds. The normalized spacial score (nSPS) is 14.9. The molecule has 146 heavy (non-hydrogen) atoms. The fourth-order valence-corrected chi connectivity index (χ4v) is 16.2. The Kier molecular flexibility index (Phi) is 39.8. The van der Waals surface area contributed by atoms with E-state index >= 15 is 33.6 Å². The first-order chi connectivity index (χ1) is 71.2. The minimum atomic E-state index is -0.907. The van der Waals surface area contributed by atoms with Crippen molar-refractivity contribution >= 4 is 53.4 Å². The second-order valence-corrected chi connectivity index (χ2v) is 35.8. The molecular formula is C115H125N11O20. The monoisotopic (exact) mass is 1980 g/mol. The molecule has 12 aromatic rings. The summed E-state index contributed by atoms with van der Waals surface area (Å²) in [7, 11) is 1.63. The summed E-state index contributed by atoms with van der Waals surface area (Å²) in [5, 5.41) is 24.7. The zero-order valence-corrected chi connectivity index (χ0v) is 82.6. The fourth-order valence-electron chi connectivity index (χ4n) is 16.2. The minimum Gasteiger partial charge on any atom is -0.484 e. The van der Waals surface area contributed by atoms with Crippen LogP contribution in [-0.2, 0) is 67.1 Å². The standard InChI is InChI=1S/C115H125N11O20/c1-115(2,3)146-114(135)122-61-68-136-70-71-137-69-67-124(4)113(134)97-54-53-95(103(143-78-86-40-23-10-24-41-86)105(97)145-80-88-44-27-12-28-45-88)106(127)116-55-29-46-89-72-126-65-59-120-110(131)92-49-47-90(98(138-73-81-30-13-5-14-31-81)100(92)140-75-83-34-17-7-18-35-83)107(128)117-56-62-125(64-58-119-109(130)94-51-52-96(112(133)123-89)104(144-79-87-42-25-11-26-43-87)102(94)142-77-85-38-21-9-22-39-85)63-57-118-108(129)91-48-50-93(111(132)121-60-66-126)101(141-76-84-36-19-8-20-37-84)99(91)139-74-82-32-15-6-16-33-82/h5-28,30-45,47-54,89H,29,46,55-80H2,1-4H3,(H,116,127)(H,117,128)(H,118,129)(H,119,130)(H,120,131)(H,121,132)(H,122,135)(H,123,133). The number of nitrogens with one attached hydrogen (secondary N) is 8. The summed E-state index contributed by atoms with van der Waals surface area (Å²) in [6.45, 7) is 6.19. The molecule has 31 nitrogen and oxygen atoms in total. The van der Waals surface area contributed by atoms with Gasteiger partial charge in [0, 0.05) is 105 Å². The van der Waals surface area contributed by atoms with Crippen LogP contribution in [0.5, 0.6) is 46.0 Å². The van der Waals surface area contributed by atoms with Crippen molar-refractivity contribution in [2.75, 3.05) is 125 Å². The minimum absolute atomic E-state index is 0.000848. The van der Waals surface area contributed by atoms with E-state index in [1.807, 2.05) is 252 Å². The molecule has 8 N–H and O–H groups in total. The van der Waals surface area contributed by atoms with E-state index in [2.05, 4.69) is 42.5 Å². The highest BCUT2D eigenvalue weighted by atomic mass is 16.6. The average molecular weight is 1980 g/mol. The Hall–Kier alpha value is -16.1. The zero-order chi connectivity index (χ0) is 102. The van der Waals surface area contributed by atoms with E-state index < -0.39 is 65.0 Å². The number of hydrogen-bond donors (Lipinski definition) is 8. The van der Waals surface area contributed by atoms with E-state index in [0.29, 0.717) is 0 Å². The summed E-state index contributed by atoms with van der Waals surface area (Å²) in [4.78, 5) is 141. The lowest BCUT2D eigenvalue weighted by Gasteiger charge is -2.29. The highest BCUT2D eigenvalue weighted by Gasteiger charge is 2.34. The molecule has 3 aliphatic heterocycles. The van der Waals surface area contributed by atoms with Gasteiger partial charge >= 0.3 is 6.09 Å². The first-order valence-corrected chi connectivity index (χ1v) is 49.1. The number of amides is 9. The van der Waals surface area contributed by atoms with Crippen LogP contribution in [0.25, 0.3) is 0 Å². The second kappa shape index (κ2) is 55.0. The van der Waals surface area contributed by atoms with Gasteiger partial charge in [-0.25, -0.2) is 4.79 Å². The van der Waals surface area contributed by atoms with Crippen LogP contribution in [0.1, 0.15) is 161 Å². The predicted octanol–water partition coefficient (Wildman–Crippen LogP) is 14.9. The number of fused-ring (bicyclic) bond motifs is 18. The van der Waals surface area contributed by atoms with Crippen molar-refractivity contribution in [2.24, 2.45) is 0 Å². The highest BCUT2D eigenvalue weighted by molar-refractivity contribution is 6.06. The molecule has 0 aromatic heterocycles. The van der Waals surface area contributed by atoms with E-state index in [1.165, 1.54) is 53.4 Å². The van der Waals surface area contributed by atoms with Gasteiger partial charge in [0.15, 0.2) is 46.0 Å². The quantitative estimate of drug-likeness (QED) is 0.0166. The summed E-state index contributed by atoms with van der Waals surface area (Å²) in [6, 6.07) is 85.8. The number of hydrogen-bond acceptors (Lipinski definition) is 22. The predicted molar refractivity (Wildman–Crippen MR) is 552 cm³/mol. The van der Waals surface area contributed by atoms with Gasteiger partial charge in [0.25, 0.3) is 47.3 Å². The summed E-state index contributed by atoms with van der Waals surface area (Å²) in [6.07, 6.45) is -0.273. The molecular weight excluding hydrogens is 1860 g/mol. The Bertz CT molecular complexity index is 6120. The van der Waals surface area contributed by atoms with E-state index in [-0.39, 0.29) is 274 Å². The molecule has 1 atom stereocenters. The third kappa shape index (κ3) is 32.0. The molecule has 0 spiro atoms. The van der Waals surface area contributed by atoms with Crippen LogP contribution in [0.15, 0.2) is 291 Å². The van der Waals surface area contributed by atoms with Crippen molar-refractivity contribution in [2.45, 2.75) is 98.1 Å². The fraction of sp³-hybridized carbons (Fsp3) is 0.296. The van der Waals surface area contributed by atoms with E-state index in [9.17, 15) is 9.59 Å². The van der Waals surface area contributed by atoms with E-state index in [0.717, 1.165) is 44.5 Å². The van der Waals surface area contributed by atoms with Crippen LogP contribution in [0.2, 0.25) is 0 Å². The highest BCUT2D eigenvalue weighted by Crippen LogP contribution is 2.42. The molecule has 0 saturated heterocycles. The van der Waals surface area contributed by atoms with Crippen LogP contribution in [0.3, 0.4) is 0 Å². The lowest BCUT2D eigenvalue weighted by molar-refractivity contribution is 0.0345. The molecule has 760 valence electrons. The van der Waals surface area contributed by atoms with Crippen LogP contribution in [0, 0.1) is 0 Å². The van der Waals surface area contributed by atoms with Crippen LogP contribution >= 0.6 is 0 Å². The molecule has 0 fully saturated rings. The molecule has 0 radical (unpaired) electrons. The van der Waals surface area contributed by atoms with Gasteiger partial charge in [0.05, 0.1) is 70.9 Å². The molecule has 0 saturated carbocycles. The summed E-state index contributed by atoms with van der Waals surface area (Å²) in [5.41, 5.74) is 5.59. The molecule has 0 aliphatic carbocycles. The van der Waals surface area contributed by atoms with Crippen LogP contribution < -0.4 is 80.4 Å². The average Bonchev–Trinajstić information content (AvgIpc) is 0.809. The lowest BCUT2D eigenvalue weighted by Crippen LogP contribution is -2.48. The third-order valence-corrected chi connectivity index (χ3v) is 23.8. The number of likely N-dealkylation sites (N-methyl/N-ethyl adjacent to an activating group) is 1. The lowest BCUT2D eigenvalue weighted by atomic mass is 10.0. The number of alkyl carbamates (subject to hydrolysis) is 1. The molecule has 31 heteroatoms. The van der Waals surface area contributed by atoms with Gasteiger partial charge in [-0.1, -0.05) is 243 Å². The smallest absolute Gasteiger partial charge is 0.407 e. The third-order valence-electron chi connectivity index (χ3n) is 23.8. The molecule has 3 heterocycles. The summed E-state index contributed by atoms with van der Waals surface area (Å²) >= 11 is 0. The molecule has 3 aliphatic rings. The number of ether oxygens (including phenoxy) is 11. The van der Waals surface area contributed by atoms with Crippen LogP contribution in [-0.4, -0.2) is 205 Å². The summed E-state index contributed by atoms with van der Waals surface area (Å²) in [5.74, 6) is -4.86. The Morgan fingerprint density at radius 3 is 0.904 bits per heavy atom. The van der Waals surface area contributed by atoms with Crippen molar-refractivity contribution in [1.82, 2.24) is 57.2 Å². The largest absolute Gasteiger partial charge is 0.484 e. The van der Waals surface area contributed by atoms with Crippen molar-refractivity contribution in [1.29, 1.82) is 0 Å². The molecule has 1 unspecified atom stereocenters. The molecule has 12 aromatic carbocycles.